The fourth-order valence-corrected chi connectivity index (χ4v) is 1.24. The Kier molecular flexibility index (Phi) is 3.68. The first-order chi connectivity index (χ1) is 6.26. The van der Waals surface area contributed by atoms with Crippen LogP contribution in [-0.4, -0.2) is 16.0 Å². The van der Waals surface area contributed by atoms with Crippen LogP contribution < -0.4 is 5.32 Å². The molecule has 0 atom stereocenters. The lowest BCUT2D eigenvalue weighted by molar-refractivity contribution is 0.667. The highest BCUT2D eigenvalue weighted by Gasteiger charge is 2.03. The molecule has 0 aliphatic heterocycles. The highest BCUT2D eigenvalue weighted by molar-refractivity contribution is 5.33. The Hall–Kier alpha value is -1.12. The Morgan fingerprint density at radius 1 is 1.38 bits per heavy atom. The Balaban J connectivity index is 2.62. The van der Waals surface area contributed by atoms with Crippen molar-refractivity contribution in [2.24, 2.45) is 0 Å². The van der Waals surface area contributed by atoms with Crippen LogP contribution in [0.15, 0.2) is 12.3 Å². The molecule has 0 aromatic carbocycles. The van der Waals surface area contributed by atoms with Gasteiger partial charge in [0.05, 0.1) is 0 Å². The number of hydrogen-bond acceptors (Lipinski definition) is 3. The van der Waals surface area contributed by atoms with Gasteiger partial charge in [0.1, 0.15) is 11.6 Å². The van der Waals surface area contributed by atoms with E-state index >= 15 is 0 Å². The zero-order valence-corrected chi connectivity index (χ0v) is 8.54. The van der Waals surface area contributed by atoms with Crippen LogP contribution in [0.3, 0.4) is 0 Å². The maximum absolute atomic E-state index is 4.29. The van der Waals surface area contributed by atoms with Gasteiger partial charge in [-0.2, -0.15) is 0 Å². The van der Waals surface area contributed by atoms with E-state index in [0.717, 1.165) is 24.5 Å². The average Bonchev–Trinajstić information content (AvgIpc) is 2.14. The average molecular weight is 179 g/mol. The maximum Gasteiger partial charge on any atom is 0.129 e. The Morgan fingerprint density at radius 2 is 2.08 bits per heavy atom. The van der Waals surface area contributed by atoms with Crippen LogP contribution in [0.4, 0.5) is 5.82 Å². The van der Waals surface area contributed by atoms with Crippen molar-refractivity contribution in [3.63, 3.8) is 0 Å². The van der Waals surface area contributed by atoms with Crippen LogP contribution in [0.5, 0.6) is 0 Å². The van der Waals surface area contributed by atoms with E-state index < -0.39 is 0 Å². The number of nitrogens with zero attached hydrogens (tertiary/aromatic N) is 2. The molecule has 3 heteroatoms. The predicted molar refractivity (Wildman–Crippen MR) is 54.8 cm³/mol. The van der Waals surface area contributed by atoms with Crippen LogP contribution >= 0.6 is 0 Å². The molecule has 0 saturated carbocycles. The molecule has 13 heavy (non-hydrogen) atoms. The van der Waals surface area contributed by atoms with Crippen molar-refractivity contribution in [2.45, 2.75) is 39.7 Å². The first-order valence-electron chi connectivity index (χ1n) is 4.82. The van der Waals surface area contributed by atoms with Gasteiger partial charge in [-0.1, -0.05) is 13.8 Å². The zero-order valence-electron chi connectivity index (χ0n) is 8.54. The Labute approximate surface area is 79.6 Å². The zero-order chi connectivity index (χ0) is 9.68. The van der Waals surface area contributed by atoms with Crippen LogP contribution in [0.2, 0.25) is 0 Å². The minimum Gasteiger partial charge on any atom is -0.367 e. The van der Waals surface area contributed by atoms with E-state index in [1.165, 1.54) is 0 Å². The summed E-state index contributed by atoms with van der Waals surface area (Å²) in [5.41, 5.74) is 0. The molecule has 0 bridgehead atoms. The molecule has 0 radical (unpaired) electrons. The molecular formula is C10H17N3. The summed E-state index contributed by atoms with van der Waals surface area (Å²) in [5, 5.41) is 3.37. The molecule has 0 spiro atoms. The third-order valence-electron chi connectivity index (χ3n) is 2.11. The second kappa shape index (κ2) is 4.80. The van der Waals surface area contributed by atoms with Gasteiger partial charge in [-0.25, -0.2) is 9.97 Å². The highest BCUT2D eigenvalue weighted by atomic mass is 15.0. The molecule has 1 rings (SSSR count). The van der Waals surface area contributed by atoms with Crippen molar-refractivity contribution in [3.05, 3.63) is 18.1 Å². The summed E-state index contributed by atoms with van der Waals surface area (Å²) < 4.78 is 0. The van der Waals surface area contributed by atoms with Gasteiger partial charge in [-0.3, -0.25) is 0 Å². The molecule has 0 saturated heterocycles. The van der Waals surface area contributed by atoms with Crippen molar-refractivity contribution in [1.29, 1.82) is 0 Å². The van der Waals surface area contributed by atoms with Crippen LogP contribution in [-0.2, 0) is 0 Å². The van der Waals surface area contributed by atoms with E-state index in [-0.39, 0.29) is 0 Å². The maximum atomic E-state index is 4.29. The second-order valence-corrected chi connectivity index (χ2v) is 3.15. The van der Waals surface area contributed by atoms with Gasteiger partial charge in [0, 0.05) is 12.2 Å². The van der Waals surface area contributed by atoms with Crippen molar-refractivity contribution in [1.82, 2.24) is 9.97 Å². The van der Waals surface area contributed by atoms with Gasteiger partial charge in [-0.05, 0) is 25.8 Å². The monoisotopic (exact) mass is 179 g/mol. The smallest absolute Gasteiger partial charge is 0.129 e. The summed E-state index contributed by atoms with van der Waals surface area (Å²) in [6.45, 7) is 6.25. The number of aromatic nitrogens is 2. The normalized spacial score (nSPS) is 10.5. The van der Waals surface area contributed by atoms with Gasteiger partial charge in [-0.15, -0.1) is 0 Å². The fraction of sp³-hybridized carbons (Fsp3) is 0.600. The number of rotatable bonds is 4. The summed E-state index contributed by atoms with van der Waals surface area (Å²) in [5.74, 6) is 1.75. The number of anilines is 1. The van der Waals surface area contributed by atoms with Gasteiger partial charge >= 0.3 is 0 Å². The lowest BCUT2D eigenvalue weighted by atomic mass is 10.2. The summed E-state index contributed by atoms with van der Waals surface area (Å²) in [6, 6.07) is 2.43. The SMILES string of the molecule is CCC(CC)Nc1ccnc(C)n1. The molecule has 0 aliphatic rings. The van der Waals surface area contributed by atoms with E-state index in [1.807, 2.05) is 13.0 Å². The van der Waals surface area contributed by atoms with E-state index in [9.17, 15) is 0 Å². The van der Waals surface area contributed by atoms with Crippen molar-refractivity contribution >= 4 is 5.82 Å². The minimum atomic E-state index is 0.523. The lowest BCUT2D eigenvalue weighted by Crippen LogP contribution is -2.18. The van der Waals surface area contributed by atoms with Crippen molar-refractivity contribution in [2.75, 3.05) is 5.32 Å². The van der Waals surface area contributed by atoms with Crippen molar-refractivity contribution in [3.8, 4) is 0 Å². The van der Waals surface area contributed by atoms with Gasteiger partial charge in [0.15, 0.2) is 0 Å². The molecule has 0 amide bonds. The van der Waals surface area contributed by atoms with E-state index in [1.54, 1.807) is 6.20 Å². The summed E-state index contributed by atoms with van der Waals surface area (Å²) in [6.07, 6.45) is 4.03. The molecule has 0 unspecified atom stereocenters. The standard InChI is InChI=1S/C10H17N3/c1-4-9(5-2)13-10-6-7-11-8(3)12-10/h6-7,9H,4-5H2,1-3H3,(H,11,12,13). The van der Waals surface area contributed by atoms with Crippen LogP contribution in [0.1, 0.15) is 32.5 Å². The topological polar surface area (TPSA) is 37.8 Å². The number of hydrogen-bond donors (Lipinski definition) is 1. The third-order valence-corrected chi connectivity index (χ3v) is 2.11. The Bertz CT molecular complexity index is 256. The highest BCUT2D eigenvalue weighted by Crippen LogP contribution is 2.07. The summed E-state index contributed by atoms with van der Waals surface area (Å²) >= 11 is 0. The molecule has 0 aliphatic carbocycles. The van der Waals surface area contributed by atoms with Gasteiger partial charge < -0.3 is 5.32 Å². The molecule has 72 valence electrons. The Morgan fingerprint density at radius 3 is 2.62 bits per heavy atom. The minimum absolute atomic E-state index is 0.523. The quantitative estimate of drug-likeness (QED) is 0.771. The summed E-state index contributed by atoms with van der Waals surface area (Å²) in [7, 11) is 0. The first-order valence-corrected chi connectivity index (χ1v) is 4.82. The molecule has 1 aromatic rings. The molecule has 1 N–H and O–H groups in total. The summed E-state index contributed by atoms with van der Waals surface area (Å²) in [4.78, 5) is 8.33. The molecule has 1 heterocycles. The molecule has 0 fully saturated rings. The van der Waals surface area contributed by atoms with Gasteiger partial charge in [0.2, 0.25) is 0 Å². The van der Waals surface area contributed by atoms with Crippen LogP contribution in [0, 0.1) is 6.92 Å². The fourth-order valence-electron chi connectivity index (χ4n) is 1.24. The lowest BCUT2D eigenvalue weighted by Gasteiger charge is -2.14. The molecule has 3 nitrogen and oxygen atoms in total. The molecule has 1 aromatic heterocycles. The first kappa shape index (κ1) is 9.96. The second-order valence-electron chi connectivity index (χ2n) is 3.15. The van der Waals surface area contributed by atoms with E-state index in [4.69, 9.17) is 0 Å². The number of nitrogens with one attached hydrogen (secondary N) is 1. The largest absolute Gasteiger partial charge is 0.367 e. The third kappa shape index (κ3) is 3.01. The van der Waals surface area contributed by atoms with E-state index in [0.29, 0.717) is 6.04 Å². The van der Waals surface area contributed by atoms with Crippen molar-refractivity contribution < 1.29 is 0 Å². The molecular weight excluding hydrogens is 162 g/mol. The number of aryl methyl sites for hydroxylation is 1. The van der Waals surface area contributed by atoms with Crippen LogP contribution in [0.25, 0.3) is 0 Å². The van der Waals surface area contributed by atoms with Gasteiger partial charge in [0.25, 0.3) is 0 Å². The predicted octanol–water partition coefficient (Wildman–Crippen LogP) is 2.39. The van der Waals surface area contributed by atoms with E-state index in [2.05, 4.69) is 29.1 Å².